The molecule has 3 saturated heterocycles. The molecule has 7 nitrogen and oxygen atoms in total. The number of aromatic nitrogens is 3. The van der Waals surface area contributed by atoms with E-state index in [2.05, 4.69) is 15.4 Å². The summed E-state index contributed by atoms with van der Waals surface area (Å²) in [6.07, 6.45) is 9.25. The molecule has 22 heavy (non-hydrogen) atoms. The van der Waals surface area contributed by atoms with Gasteiger partial charge in [-0.2, -0.15) is 5.10 Å². The molecular weight excluding hydrogens is 282 g/mol. The first-order chi connectivity index (χ1) is 10.8. The average molecular weight is 305 g/mol. The summed E-state index contributed by atoms with van der Waals surface area (Å²) in [6, 6.07) is 0.305. The zero-order valence-electron chi connectivity index (χ0n) is 12.7. The molecule has 0 spiro atoms. The fourth-order valence-corrected chi connectivity index (χ4v) is 3.95. The number of fused-ring (bicyclic) bond motifs is 2. The van der Waals surface area contributed by atoms with Gasteiger partial charge >= 0.3 is 6.03 Å². The van der Waals surface area contributed by atoms with Gasteiger partial charge in [0, 0.05) is 19.6 Å². The quantitative estimate of drug-likeness (QED) is 0.905. The van der Waals surface area contributed by atoms with E-state index in [9.17, 15) is 4.79 Å². The Labute approximate surface area is 130 Å². The Balaban J connectivity index is 1.24. The summed E-state index contributed by atoms with van der Waals surface area (Å²) in [5, 5.41) is 7.33. The lowest BCUT2D eigenvalue weighted by Gasteiger charge is -2.33. The second kappa shape index (κ2) is 5.87. The number of carbonyl (C=O) groups is 1. The van der Waals surface area contributed by atoms with E-state index in [4.69, 9.17) is 4.74 Å². The van der Waals surface area contributed by atoms with Gasteiger partial charge in [0.1, 0.15) is 12.7 Å². The van der Waals surface area contributed by atoms with Crippen LogP contribution in [0.2, 0.25) is 0 Å². The SMILES string of the molecule is O=C(N[C@@H]1C[C@H]2CC[C@@H]1O2)N1CCC(Cn2cncn2)CC1. The van der Waals surface area contributed by atoms with E-state index in [-0.39, 0.29) is 18.2 Å². The van der Waals surface area contributed by atoms with E-state index >= 15 is 0 Å². The van der Waals surface area contributed by atoms with Crippen molar-refractivity contribution in [3.05, 3.63) is 12.7 Å². The molecule has 4 heterocycles. The standard InChI is InChI=1S/C15H23N5O2/c21-15(18-13-7-12-1-2-14(13)22-12)19-5-3-11(4-6-19)8-20-10-16-9-17-20/h9-14H,1-8H2,(H,18,21)/t12-,13-,14+/m1/s1. The van der Waals surface area contributed by atoms with Gasteiger partial charge in [-0.25, -0.2) is 9.78 Å². The minimum Gasteiger partial charge on any atom is -0.373 e. The third-order valence-corrected chi connectivity index (χ3v) is 5.23. The lowest BCUT2D eigenvalue weighted by Crippen LogP contribution is -2.50. The number of hydrogen-bond donors (Lipinski definition) is 1. The van der Waals surface area contributed by atoms with Gasteiger partial charge in [-0.05, 0) is 38.0 Å². The summed E-state index contributed by atoms with van der Waals surface area (Å²) >= 11 is 0. The van der Waals surface area contributed by atoms with Crippen LogP contribution in [-0.4, -0.2) is 57.0 Å². The molecule has 7 heteroatoms. The molecular formula is C15H23N5O2. The molecule has 1 aromatic rings. The van der Waals surface area contributed by atoms with Crippen molar-refractivity contribution >= 4 is 6.03 Å². The Morgan fingerprint density at radius 1 is 1.27 bits per heavy atom. The summed E-state index contributed by atoms with van der Waals surface area (Å²) in [5.74, 6) is 0.580. The summed E-state index contributed by atoms with van der Waals surface area (Å²) in [4.78, 5) is 18.3. The molecule has 3 aliphatic rings. The summed E-state index contributed by atoms with van der Waals surface area (Å²) in [7, 11) is 0. The lowest BCUT2D eigenvalue weighted by molar-refractivity contribution is 0.0961. The highest BCUT2D eigenvalue weighted by molar-refractivity contribution is 5.74. The predicted molar refractivity (Wildman–Crippen MR) is 79.2 cm³/mol. The first kappa shape index (κ1) is 14.0. The number of urea groups is 1. The van der Waals surface area contributed by atoms with Gasteiger partial charge in [0.15, 0.2) is 0 Å². The van der Waals surface area contributed by atoms with Crippen molar-refractivity contribution in [3.8, 4) is 0 Å². The van der Waals surface area contributed by atoms with Crippen LogP contribution in [0.15, 0.2) is 12.7 Å². The molecule has 3 aliphatic heterocycles. The Bertz CT molecular complexity index is 512. The van der Waals surface area contributed by atoms with Crippen LogP contribution < -0.4 is 5.32 Å². The normalized spacial score (nSPS) is 31.6. The number of piperidine rings is 1. The Morgan fingerprint density at radius 2 is 2.14 bits per heavy atom. The zero-order chi connectivity index (χ0) is 14.9. The number of nitrogens with one attached hydrogen (secondary N) is 1. The maximum Gasteiger partial charge on any atom is 0.317 e. The summed E-state index contributed by atoms with van der Waals surface area (Å²) < 4.78 is 7.68. The Kier molecular flexibility index (Phi) is 3.73. The topological polar surface area (TPSA) is 72.3 Å². The van der Waals surface area contributed by atoms with E-state index < -0.39 is 0 Å². The minimum atomic E-state index is 0.0837. The molecule has 1 aromatic heterocycles. The van der Waals surface area contributed by atoms with Crippen molar-refractivity contribution in [3.63, 3.8) is 0 Å². The van der Waals surface area contributed by atoms with Crippen molar-refractivity contribution in [2.75, 3.05) is 13.1 Å². The van der Waals surface area contributed by atoms with Gasteiger partial charge in [-0.15, -0.1) is 0 Å². The molecule has 0 aromatic carbocycles. The molecule has 3 fully saturated rings. The van der Waals surface area contributed by atoms with Crippen molar-refractivity contribution in [1.29, 1.82) is 0 Å². The number of amides is 2. The van der Waals surface area contributed by atoms with Crippen LogP contribution in [0.1, 0.15) is 32.1 Å². The van der Waals surface area contributed by atoms with Crippen molar-refractivity contribution in [1.82, 2.24) is 25.0 Å². The minimum absolute atomic E-state index is 0.0837. The number of rotatable bonds is 3. The first-order valence-electron chi connectivity index (χ1n) is 8.31. The third kappa shape index (κ3) is 2.82. The van der Waals surface area contributed by atoms with Crippen LogP contribution in [0.3, 0.4) is 0 Å². The van der Waals surface area contributed by atoms with Crippen LogP contribution in [0, 0.1) is 5.92 Å². The Morgan fingerprint density at radius 3 is 2.77 bits per heavy atom. The van der Waals surface area contributed by atoms with Gasteiger partial charge in [0.05, 0.1) is 18.2 Å². The summed E-state index contributed by atoms with van der Waals surface area (Å²) in [5.41, 5.74) is 0. The number of hydrogen-bond acceptors (Lipinski definition) is 4. The van der Waals surface area contributed by atoms with Crippen LogP contribution in [0.4, 0.5) is 4.79 Å². The smallest absolute Gasteiger partial charge is 0.317 e. The van der Waals surface area contributed by atoms with E-state index in [1.165, 1.54) is 0 Å². The van der Waals surface area contributed by atoms with Crippen molar-refractivity contribution < 1.29 is 9.53 Å². The van der Waals surface area contributed by atoms with Crippen LogP contribution in [0.25, 0.3) is 0 Å². The number of nitrogens with zero attached hydrogens (tertiary/aromatic N) is 4. The molecule has 0 saturated carbocycles. The molecule has 4 rings (SSSR count). The second-order valence-electron chi connectivity index (χ2n) is 6.71. The average Bonchev–Trinajstić information content (AvgIpc) is 3.25. The monoisotopic (exact) mass is 305 g/mol. The fraction of sp³-hybridized carbons (Fsp3) is 0.800. The van der Waals surface area contributed by atoms with Gasteiger partial charge in [0.2, 0.25) is 0 Å². The molecule has 2 bridgehead atoms. The highest BCUT2D eigenvalue weighted by Crippen LogP contribution is 2.34. The lowest BCUT2D eigenvalue weighted by atomic mass is 9.95. The first-order valence-corrected chi connectivity index (χ1v) is 8.31. The molecule has 0 aliphatic carbocycles. The third-order valence-electron chi connectivity index (χ3n) is 5.23. The van der Waals surface area contributed by atoms with E-state index in [0.717, 1.165) is 51.7 Å². The van der Waals surface area contributed by atoms with Crippen molar-refractivity contribution in [2.24, 2.45) is 5.92 Å². The largest absolute Gasteiger partial charge is 0.373 e. The second-order valence-corrected chi connectivity index (χ2v) is 6.71. The van der Waals surface area contributed by atoms with Crippen LogP contribution in [0.5, 0.6) is 0 Å². The number of carbonyl (C=O) groups excluding carboxylic acids is 1. The fourth-order valence-electron chi connectivity index (χ4n) is 3.95. The van der Waals surface area contributed by atoms with E-state index in [1.807, 2.05) is 9.58 Å². The number of likely N-dealkylation sites (tertiary alicyclic amines) is 1. The molecule has 0 unspecified atom stereocenters. The molecule has 1 N–H and O–H groups in total. The predicted octanol–water partition coefficient (Wildman–Crippen LogP) is 1.02. The molecule has 120 valence electrons. The highest BCUT2D eigenvalue weighted by Gasteiger charge is 2.42. The van der Waals surface area contributed by atoms with Gasteiger partial charge < -0.3 is 15.0 Å². The Hall–Kier alpha value is -1.63. The van der Waals surface area contributed by atoms with Crippen molar-refractivity contribution in [2.45, 2.75) is 56.9 Å². The van der Waals surface area contributed by atoms with E-state index in [0.29, 0.717) is 12.0 Å². The molecule has 0 radical (unpaired) electrons. The van der Waals surface area contributed by atoms with Crippen LogP contribution in [-0.2, 0) is 11.3 Å². The maximum atomic E-state index is 12.4. The molecule has 3 atom stereocenters. The summed E-state index contributed by atoms with van der Waals surface area (Å²) in [6.45, 7) is 2.55. The zero-order valence-corrected chi connectivity index (χ0v) is 12.7. The van der Waals surface area contributed by atoms with Gasteiger partial charge in [-0.3, -0.25) is 4.68 Å². The highest BCUT2D eigenvalue weighted by atomic mass is 16.5. The maximum absolute atomic E-state index is 12.4. The van der Waals surface area contributed by atoms with Gasteiger partial charge in [0.25, 0.3) is 0 Å². The van der Waals surface area contributed by atoms with Crippen LogP contribution >= 0.6 is 0 Å². The van der Waals surface area contributed by atoms with E-state index in [1.54, 1.807) is 12.7 Å². The molecule has 2 amide bonds. The number of ether oxygens (including phenoxy) is 1. The van der Waals surface area contributed by atoms with Gasteiger partial charge in [-0.1, -0.05) is 0 Å².